The zero-order valence-corrected chi connectivity index (χ0v) is 52.0. The van der Waals surface area contributed by atoms with E-state index in [9.17, 15) is 0 Å². The van der Waals surface area contributed by atoms with Crippen LogP contribution in [0.25, 0.3) is 144 Å². The number of hydrogen-bond acceptors (Lipinski definition) is 2. The van der Waals surface area contributed by atoms with Crippen LogP contribution < -0.4 is 0 Å². The van der Waals surface area contributed by atoms with Gasteiger partial charge in [0, 0.05) is 44.8 Å². The van der Waals surface area contributed by atoms with Gasteiger partial charge in [-0.05, 0) is 231 Å². The van der Waals surface area contributed by atoms with E-state index >= 15 is 0 Å². The van der Waals surface area contributed by atoms with Crippen LogP contribution in [0.1, 0.15) is 72.2 Å². The van der Waals surface area contributed by atoms with Crippen LogP contribution in [0.4, 0.5) is 0 Å². The van der Waals surface area contributed by atoms with Crippen LogP contribution in [0.3, 0.4) is 0 Å². The molecule has 4 aliphatic carbocycles. The normalized spacial score (nSPS) is 14.5. The van der Waals surface area contributed by atoms with E-state index in [0.29, 0.717) is 0 Å². The second kappa shape index (κ2) is 18.8. The van der Waals surface area contributed by atoms with Gasteiger partial charge in [-0.1, -0.05) is 210 Å². The number of aromatic nitrogens is 4. The Kier molecular flexibility index (Phi) is 10.6. The fraction of sp³-hybridized carbons (Fsp3) is 0.0787. The molecule has 4 aliphatic rings. The average molecular weight is 1190 g/mol. The lowest BCUT2D eigenvalue weighted by molar-refractivity contribution is 0.660. The highest BCUT2D eigenvalue weighted by Gasteiger charge is 2.52. The molecule has 0 saturated carbocycles. The molecule has 12 aromatic carbocycles. The second-order valence-electron chi connectivity index (χ2n) is 27.2. The van der Waals surface area contributed by atoms with Crippen LogP contribution in [0.2, 0.25) is 0 Å². The summed E-state index contributed by atoms with van der Waals surface area (Å²) < 4.78 is 4.57. The molecule has 0 atom stereocenters. The maximum absolute atomic E-state index is 4.77. The summed E-state index contributed by atoms with van der Waals surface area (Å²) in [7, 11) is 0. The minimum absolute atomic E-state index is 0.233. The van der Waals surface area contributed by atoms with Gasteiger partial charge in [-0.2, -0.15) is 0 Å². The van der Waals surface area contributed by atoms with Crippen LogP contribution >= 0.6 is 0 Å². The van der Waals surface area contributed by atoms with Gasteiger partial charge in [-0.15, -0.1) is 0 Å². The molecule has 0 radical (unpaired) electrons. The van der Waals surface area contributed by atoms with E-state index in [1.54, 1.807) is 0 Å². The van der Waals surface area contributed by atoms with E-state index in [2.05, 4.69) is 304 Å². The Morgan fingerprint density at radius 3 is 0.871 bits per heavy atom. The van der Waals surface area contributed by atoms with Crippen LogP contribution in [0, 0.1) is 0 Å². The summed E-state index contributed by atoms with van der Waals surface area (Å²) in [6, 6.07) is 105. The fourth-order valence-electron chi connectivity index (χ4n) is 17.5. The predicted octanol–water partition coefficient (Wildman–Crippen LogP) is 22.3. The third-order valence-corrected chi connectivity index (χ3v) is 21.9. The van der Waals surface area contributed by atoms with E-state index in [-0.39, 0.29) is 10.8 Å². The number of nitrogens with zero attached hydrogens (tertiary/aromatic N) is 4. The minimum atomic E-state index is -0.526. The van der Waals surface area contributed by atoms with E-state index < -0.39 is 5.41 Å². The molecular formula is C89H60N4. The zero-order valence-electron chi connectivity index (χ0n) is 52.0. The Balaban J connectivity index is 0.659. The molecular weight excluding hydrogens is 1130 g/mol. The lowest BCUT2D eigenvalue weighted by atomic mass is 9.70. The van der Waals surface area contributed by atoms with Crippen molar-refractivity contribution in [2.75, 3.05) is 0 Å². The van der Waals surface area contributed by atoms with E-state index in [1.807, 2.05) is 24.5 Å². The van der Waals surface area contributed by atoms with Crippen LogP contribution in [0.15, 0.2) is 291 Å². The predicted molar refractivity (Wildman–Crippen MR) is 384 cm³/mol. The number of pyridine rings is 2. The average Bonchev–Trinajstić information content (AvgIpc) is 1.51. The summed E-state index contributed by atoms with van der Waals surface area (Å²) >= 11 is 0. The molecule has 0 saturated heterocycles. The van der Waals surface area contributed by atoms with Crippen LogP contribution in [-0.2, 0) is 16.2 Å². The quantitative estimate of drug-likeness (QED) is 0.166. The molecule has 4 heteroatoms. The largest absolute Gasteiger partial charge is 0.294 e. The summed E-state index contributed by atoms with van der Waals surface area (Å²) in [5.74, 6) is 1.85. The molecule has 436 valence electrons. The topological polar surface area (TPSA) is 35.6 Å². The monoisotopic (exact) mass is 1180 g/mol. The smallest absolute Gasteiger partial charge is 0.137 e. The second-order valence-corrected chi connectivity index (χ2v) is 27.2. The van der Waals surface area contributed by atoms with Gasteiger partial charge in [0.15, 0.2) is 0 Å². The number of hydrogen-bond donors (Lipinski definition) is 0. The first-order chi connectivity index (χ1) is 45.6. The van der Waals surface area contributed by atoms with Crippen molar-refractivity contribution >= 4 is 43.6 Å². The summed E-state index contributed by atoms with van der Waals surface area (Å²) in [6.45, 7) is 9.66. The molecule has 0 bridgehead atoms. The Morgan fingerprint density at radius 2 is 0.505 bits per heavy atom. The first-order valence-corrected chi connectivity index (χ1v) is 32.6. The Morgan fingerprint density at radius 1 is 0.226 bits per heavy atom. The lowest BCUT2D eigenvalue weighted by Gasteiger charge is -2.31. The van der Waals surface area contributed by atoms with Gasteiger partial charge < -0.3 is 0 Å². The van der Waals surface area contributed by atoms with Crippen molar-refractivity contribution in [2.45, 2.75) is 43.9 Å². The van der Waals surface area contributed by atoms with Crippen molar-refractivity contribution in [3.63, 3.8) is 0 Å². The van der Waals surface area contributed by atoms with Crippen molar-refractivity contribution in [1.82, 2.24) is 19.1 Å². The van der Waals surface area contributed by atoms with E-state index in [1.165, 1.54) is 155 Å². The van der Waals surface area contributed by atoms with Gasteiger partial charge >= 0.3 is 0 Å². The van der Waals surface area contributed by atoms with Crippen LogP contribution in [0.5, 0.6) is 0 Å². The third kappa shape index (κ3) is 7.10. The molecule has 16 aromatic rings. The molecule has 0 amide bonds. The maximum Gasteiger partial charge on any atom is 0.137 e. The summed E-state index contributed by atoms with van der Waals surface area (Å²) in [5, 5.41) is 4.91. The van der Waals surface area contributed by atoms with Crippen molar-refractivity contribution < 1.29 is 0 Å². The van der Waals surface area contributed by atoms with Gasteiger partial charge in [0.25, 0.3) is 0 Å². The first-order valence-electron chi connectivity index (χ1n) is 32.6. The molecule has 0 fully saturated rings. The molecule has 4 heterocycles. The fourth-order valence-corrected chi connectivity index (χ4v) is 17.5. The maximum atomic E-state index is 4.77. The van der Waals surface area contributed by atoms with Crippen molar-refractivity contribution in [1.29, 1.82) is 0 Å². The van der Waals surface area contributed by atoms with E-state index in [0.717, 1.165) is 33.7 Å². The molecule has 0 aliphatic heterocycles. The molecule has 0 N–H and O–H groups in total. The Hall–Kier alpha value is -11.5. The molecule has 4 aromatic heterocycles. The van der Waals surface area contributed by atoms with Gasteiger partial charge in [0.2, 0.25) is 0 Å². The first kappa shape index (κ1) is 52.3. The highest BCUT2D eigenvalue weighted by molar-refractivity contribution is 6.12. The van der Waals surface area contributed by atoms with E-state index in [4.69, 9.17) is 9.97 Å². The summed E-state index contributed by atoms with van der Waals surface area (Å²) in [5.41, 5.74) is 34.7. The minimum Gasteiger partial charge on any atom is -0.294 e. The highest BCUT2D eigenvalue weighted by Crippen LogP contribution is 2.64. The molecule has 20 rings (SSSR count). The van der Waals surface area contributed by atoms with Crippen LogP contribution in [-0.4, -0.2) is 19.1 Å². The van der Waals surface area contributed by atoms with Crippen molar-refractivity contribution in [2.24, 2.45) is 0 Å². The summed E-state index contributed by atoms with van der Waals surface area (Å²) in [6.07, 6.45) is 3.75. The van der Waals surface area contributed by atoms with Crippen molar-refractivity contribution in [3.8, 4) is 101 Å². The van der Waals surface area contributed by atoms with Gasteiger partial charge in [0.1, 0.15) is 11.6 Å². The van der Waals surface area contributed by atoms with Gasteiger partial charge in [-0.3, -0.25) is 9.13 Å². The van der Waals surface area contributed by atoms with Crippen molar-refractivity contribution in [3.05, 3.63) is 336 Å². The highest BCUT2D eigenvalue weighted by atomic mass is 15.1. The Labute approximate surface area is 540 Å². The van der Waals surface area contributed by atoms with Gasteiger partial charge in [-0.25, -0.2) is 9.97 Å². The Bertz CT molecular complexity index is 5570. The lowest BCUT2D eigenvalue weighted by Crippen LogP contribution is -2.26. The number of fused-ring (bicyclic) bond motifs is 22. The zero-order chi connectivity index (χ0) is 61.6. The molecule has 93 heavy (non-hydrogen) atoms. The number of para-hydroxylation sites is 2. The molecule has 0 unspecified atom stereocenters. The molecule has 1 spiro atoms. The molecule has 4 nitrogen and oxygen atoms in total. The summed E-state index contributed by atoms with van der Waals surface area (Å²) in [4.78, 5) is 9.54. The standard InChI is InChI=1S/C89H60N4/c1-87(2)75-47-55(53-33-41-83-71(45-53)69-19-7-11-23-81(69)92(83)85-25-13-15-43-90-85)27-35-63(75)65-37-29-57(49-77(65)87)59-31-39-67-68-40-32-60(52-80(68)89(79(67)51-59)73-21-9-5-17-61(73)62-18-6-10-22-74(62)89)58-30-38-66-64-36-28-56(48-76(64)88(3,4)78(66)50-58)54-34-42-84-72(46-54)70-20-8-12-24-82(70)93(84)86-26-14-16-44-91-86/h5-52H,1-4H3. The van der Waals surface area contributed by atoms with Gasteiger partial charge in [0.05, 0.1) is 27.5 Å². The SMILES string of the molecule is CC1(C)c2cc(-c3ccc4c(c3)C3(c5ccccc5-c5ccccc53)c3cc(-c5ccc6c(c5)C(C)(C)c5cc(-c7ccc8c(c7)c7ccccc7n8-c7ccccn7)ccc5-6)ccc3-4)ccc2-c2ccc(-c3ccc4c(c3)c3ccccc3n4-c3ccccn3)cc21. The third-order valence-electron chi connectivity index (χ3n) is 21.9. The number of benzene rings is 12. The number of rotatable bonds is 6.